The Balaban J connectivity index is 2.00. The van der Waals surface area contributed by atoms with E-state index < -0.39 is 5.97 Å². The Kier molecular flexibility index (Phi) is 8.62. The van der Waals surface area contributed by atoms with E-state index in [4.69, 9.17) is 28.3 Å². The van der Waals surface area contributed by atoms with E-state index in [2.05, 4.69) is 12.1 Å². The zero-order valence-electron chi connectivity index (χ0n) is 15.0. The predicted molar refractivity (Wildman–Crippen MR) is 109 cm³/mol. The minimum atomic E-state index is -0.821. The molecule has 0 radical (unpaired) electrons. The number of carbonyl (C=O) groups is 2. The normalized spacial score (nSPS) is 10.6. The molecule has 2 rings (SSSR count). The summed E-state index contributed by atoms with van der Waals surface area (Å²) in [6.45, 7) is 1.09. The van der Waals surface area contributed by atoms with E-state index in [1.807, 2.05) is 18.2 Å². The SMILES string of the molecule is O=C(O)CCCCN(CCCc1ccccc1)C(=O)c1cc(Cl)cc(Cl)c1. The molecule has 0 aromatic heterocycles. The lowest BCUT2D eigenvalue weighted by atomic mass is 10.1. The number of aliphatic carboxylic acids is 1. The van der Waals surface area contributed by atoms with Gasteiger partial charge < -0.3 is 10.0 Å². The number of halogens is 2. The fourth-order valence-corrected chi connectivity index (χ4v) is 3.40. The molecule has 2 aromatic rings. The van der Waals surface area contributed by atoms with Gasteiger partial charge in [0.05, 0.1) is 0 Å². The Hall–Kier alpha value is -2.04. The highest BCUT2D eigenvalue weighted by Crippen LogP contribution is 2.21. The van der Waals surface area contributed by atoms with Gasteiger partial charge in [0.25, 0.3) is 5.91 Å². The van der Waals surface area contributed by atoms with Crippen LogP contribution in [0.4, 0.5) is 0 Å². The molecule has 0 atom stereocenters. The third kappa shape index (κ3) is 7.61. The molecule has 0 heterocycles. The molecular formula is C21H23Cl2NO3. The summed E-state index contributed by atoms with van der Waals surface area (Å²) in [6.07, 6.45) is 2.97. The third-order valence-corrected chi connectivity index (χ3v) is 4.64. The molecule has 27 heavy (non-hydrogen) atoms. The highest BCUT2D eigenvalue weighted by molar-refractivity contribution is 6.35. The van der Waals surface area contributed by atoms with E-state index in [-0.39, 0.29) is 12.3 Å². The van der Waals surface area contributed by atoms with E-state index in [1.165, 1.54) is 5.56 Å². The summed E-state index contributed by atoms with van der Waals surface area (Å²) in [4.78, 5) is 25.4. The Morgan fingerprint density at radius 3 is 2.15 bits per heavy atom. The average Bonchev–Trinajstić information content (AvgIpc) is 2.63. The lowest BCUT2D eigenvalue weighted by Crippen LogP contribution is -2.33. The number of rotatable bonds is 10. The average molecular weight is 408 g/mol. The van der Waals surface area contributed by atoms with Crippen molar-refractivity contribution in [2.24, 2.45) is 0 Å². The second-order valence-corrected chi connectivity index (χ2v) is 7.26. The number of benzene rings is 2. The van der Waals surface area contributed by atoms with Crippen LogP contribution in [-0.4, -0.2) is 35.0 Å². The molecule has 1 amide bonds. The highest BCUT2D eigenvalue weighted by Gasteiger charge is 2.16. The summed E-state index contributed by atoms with van der Waals surface area (Å²) >= 11 is 12.0. The molecule has 1 N–H and O–H groups in total. The van der Waals surface area contributed by atoms with Crippen LogP contribution in [0.3, 0.4) is 0 Å². The summed E-state index contributed by atoms with van der Waals surface area (Å²) in [5.74, 6) is -0.957. The van der Waals surface area contributed by atoms with Gasteiger partial charge >= 0.3 is 5.97 Å². The van der Waals surface area contributed by atoms with Gasteiger partial charge in [0.15, 0.2) is 0 Å². The van der Waals surface area contributed by atoms with Crippen molar-refractivity contribution in [2.45, 2.75) is 32.1 Å². The van der Waals surface area contributed by atoms with E-state index >= 15 is 0 Å². The van der Waals surface area contributed by atoms with Crippen molar-refractivity contribution >= 4 is 35.1 Å². The van der Waals surface area contributed by atoms with Gasteiger partial charge in [-0.05, 0) is 49.4 Å². The summed E-state index contributed by atoms with van der Waals surface area (Å²) in [6, 6.07) is 14.9. The van der Waals surface area contributed by atoms with Crippen LogP contribution in [0, 0.1) is 0 Å². The lowest BCUT2D eigenvalue weighted by Gasteiger charge is -2.23. The summed E-state index contributed by atoms with van der Waals surface area (Å²) in [7, 11) is 0. The highest BCUT2D eigenvalue weighted by atomic mass is 35.5. The quantitative estimate of drug-likeness (QED) is 0.541. The number of unbranched alkanes of at least 4 members (excludes halogenated alkanes) is 1. The van der Waals surface area contributed by atoms with Crippen molar-refractivity contribution in [3.05, 3.63) is 69.7 Å². The van der Waals surface area contributed by atoms with Crippen LogP contribution in [0.1, 0.15) is 41.6 Å². The van der Waals surface area contributed by atoms with Crippen molar-refractivity contribution in [1.82, 2.24) is 4.90 Å². The zero-order valence-corrected chi connectivity index (χ0v) is 16.5. The van der Waals surface area contributed by atoms with Crippen LogP contribution in [0.2, 0.25) is 10.0 Å². The maximum atomic E-state index is 12.9. The summed E-state index contributed by atoms with van der Waals surface area (Å²) in [5.41, 5.74) is 1.67. The number of carboxylic acids is 1. The number of hydrogen-bond donors (Lipinski definition) is 1. The zero-order chi connectivity index (χ0) is 19.6. The molecule has 0 aliphatic carbocycles. The first-order valence-electron chi connectivity index (χ1n) is 8.97. The van der Waals surface area contributed by atoms with Crippen LogP contribution in [0.25, 0.3) is 0 Å². The molecule has 0 saturated carbocycles. The van der Waals surface area contributed by atoms with Crippen LogP contribution in [-0.2, 0) is 11.2 Å². The number of carboxylic acid groups (broad SMARTS) is 1. The largest absolute Gasteiger partial charge is 0.481 e. The number of amides is 1. The third-order valence-electron chi connectivity index (χ3n) is 4.20. The predicted octanol–water partition coefficient (Wildman–Crippen LogP) is 5.32. The molecular weight excluding hydrogens is 385 g/mol. The monoisotopic (exact) mass is 407 g/mol. The second-order valence-electron chi connectivity index (χ2n) is 6.39. The maximum absolute atomic E-state index is 12.9. The first-order chi connectivity index (χ1) is 13.0. The van der Waals surface area contributed by atoms with Gasteiger partial charge in [-0.15, -0.1) is 0 Å². The Labute approximate surface area is 169 Å². The summed E-state index contributed by atoms with van der Waals surface area (Å²) in [5, 5.41) is 9.62. The maximum Gasteiger partial charge on any atom is 0.303 e. The Morgan fingerprint density at radius 1 is 0.889 bits per heavy atom. The molecule has 144 valence electrons. The van der Waals surface area contributed by atoms with Gasteiger partial charge in [0.2, 0.25) is 0 Å². The lowest BCUT2D eigenvalue weighted by molar-refractivity contribution is -0.137. The molecule has 0 bridgehead atoms. The van der Waals surface area contributed by atoms with E-state index in [9.17, 15) is 9.59 Å². The molecule has 6 heteroatoms. The minimum absolute atomic E-state index is 0.106. The van der Waals surface area contributed by atoms with Crippen LogP contribution >= 0.6 is 23.2 Å². The van der Waals surface area contributed by atoms with Crippen LogP contribution < -0.4 is 0 Å². The fourth-order valence-electron chi connectivity index (χ4n) is 2.87. The fraction of sp³-hybridized carbons (Fsp3) is 0.333. The second kappa shape index (κ2) is 11.0. The van der Waals surface area contributed by atoms with E-state index in [0.29, 0.717) is 41.5 Å². The van der Waals surface area contributed by atoms with Crippen LogP contribution in [0.15, 0.2) is 48.5 Å². The standard InChI is InChI=1S/C21H23Cl2NO3/c22-18-13-17(14-19(23)15-18)21(27)24(11-5-4-10-20(25)26)12-6-9-16-7-2-1-3-8-16/h1-3,7-8,13-15H,4-6,9-12H2,(H,25,26). The minimum Gasteiger partial charge on any atom is -0.481 e. The molecule has 0 aliphatic rings. The molecule has 4 nitrogen and oxygen atoms in total. The van der Waals surface area contributed by atoms with Crippen molar-refractivity contribution in [2.75, 3.05) is 13.1 Å². The van der Waals surface area contributed by atoms with Crippen molar-refractivity contribution in [3.8, 4) is 0 Å². The van der Waals surface area contributed by atoms with Crippen LogP contribution in [0.5, 0.6) is 0 Å². The number of hydrogen-bond acceptors (Lipinski definition) is 2. The van der Waals surface area contributed by atoms with Gasteiger partial charge in [-0.25, -0.2) is 0 Å². The van der Waals surface area contributed by atoms with Gasteiger partial charge in [-0.1, -0.05) is 53.5 Å². The molecule has 0 fully saturated rings. The first kappa shape index (κ1) is 21.3. The molecule has 0 unspecified atom stereocenters. The van der Waals surface area contributed by atoms with Gasteiger partial charge in [-0.2, -0.15) is 0 Å². The van der Waals surface area contributed by atoms with Gasteiger partial charge in [0, 0.05) is 35.1 Å². The number of aryl methyl sites for hydroxylation is 1. The summed E-state index contributed by atoms with van der Waals surface area (Å²) < 4.78 is 0. The topological polar surface area (TPSA) is 57.6 Å². The Morgan fingerprint density at radius 2 is 1.52 bits per heavy atom. The molecule has 0 saturated heterocycles. The van der Waals surface area contributed by atoms with Gasteiger partial charge in [-0.3, -0.25) is 9.59 Å². The Bertz CT molecular complexity index is 745. The van der Waals surface area contributed by atoms with Crippen molar-refractivity contribution in [3.63, 3.8) is 0 Å². The molecule has 2 aromatic carbocycles. The smallest absolute Gasteiger partial charge is 0.303 e. The number of nitrogens with zero attached hydrogens (tertiary/aromatic N) is 1. The molecule has 0 aliphatic heterocycles. The first-order valence-corrected chi connectivity index (χ1v) is 9.72. The van der Waals surface area contributed by atoms with Crippen molar-refractivity contribution < 1.29 is 14.7 Å². The van der Waals surface area contributed by atoms with E-state index in [1.54, 1.807) is 23.1 Å². The van der Waals surface area contributed by atoms with Crippen molar-refractivity contribution in [1.29, 1.82) is 0 Å². The number of carbonyl (C=O) groups excluding carboxylic acids is 1. The van der Waals surface area contributed by atoms with Gasteiger partial charge in [0.1, 0.15) is 0 Å². The molecule has 0 spiro atoms. The van der Waals surface area contributed by atoms with E-state index in [0.717, 1.165) is 12.8 Å².